The summed E-state index contributed by atoms with van der Waals surface area (Å²) in [5.74, 6) is 0. The zero-order valence-corrected chi connectivity index (χ0v) is 8.77. The van der Waals surface area contributed by atoms with Crippen molar-refractivity contribution < 1.29 is 5.11 Å². The van der Waals surface area contributed by atoms with Gasteiger partial charge in [0.2, 0.25) is 0 Å². The van der Waals surface area contributed by atoms with Crippen LogP contribution in [0.3, 0.4) is 0 Å². The number of rotatable bonds is 2. The topological polar surface area (TPSA) is 23.5 Å². The summed E-state index contributed by atoms with van der Waals surface area (Å²) in [6.45, 7) is 4.79. The molecule has 1 aliphatic heterocycles. The fourth-order valence-corrected chi connectivity index (χ4v) is 2.19. The van der Waals surface area contributed by atoms with Crippen LogP contribution in [0.2, 0.25) is 0 Å². The molecule has 0 fully saturated rings. The lowest BCUT2D eigenvalue weighted by molar-refractivity contribution is 0.198. The molecule has 0 aromatic heterocycles. The van der Waals surface area contributed by atoms with Crippen LogP contribution in [0.5, 0.6) is 0 Å². The first kappa shape index (κ1) is 9.53. The molecule has 2 atom stereocenters. The van der Waals surface area contributed by atoms with E-state index >= 15 is 0 Å². The average molecular weight is 191 g/mol. The molecule has 1 heterocycles. The molecular weight excluding hydrogens is 174 g/mol. The fraction of sp³-hybridized carbons (Fsp3) is 0.500. The lowest BCUT2D eigenvalue weighted by Gasteiger charge is -2.26. The first-order chi connectivity index (χ1) is 6.68. The molecule has 1 unspecified atom stereocenters. The summed E-state index contributed by atoms with van der Waals surface area (Å²) in [5.41, 5.74) is 2.70. The van der Waals surface area contributed by atoms with Gasteiger partial charge in [0.15, 0.2) is 0 Å². The first-order valence-electron chi connectivity index (χ1n) is 5.21. The highest BCUT2D eigenvalue weighted by Gasteiger charge is 2.25. The molecule has 2 rings (SSSR count). The number of nitrogens with zero attached hydrogens (tertiary/aromatic N) is 1. The van der Waals surface area contributed by atoms with Gasteiger partial charge in [-0.15, -0.1) is 0 Å². The first-order valence-corrected chi connectivity index (χ1v) is 5.21. The van der Waals surface area contributed by atoms with Crippen LogP contribution in [0.15, 0.2) is 24.3 Å². The van der Waals surface area contributed by atoms with Gasteiger partial charge in [-0.25, -0.2) is 0 Å². The minimum Gasteiger partial charge on any atom is -0.392 e. The minimum atomic E-state index is -0.261. The summed E-state index contributed by atoms with van der Waals surface area (Å²) in [4.78, 5) is 2.29. The van der Waals surface area contributed by atoms with Gasteiger partial charge in [-0.2, -0.15) is 0 Å². The van der Waals surface area contributed by atoms with Gasteiger partial charge in [-0.05, 0) is 31.9 Å². The van der Waals surface area contributed by atoms with Gasteiger partial charge in [0, 0.05) is 18.3 Å². The minimum absolute atomic E-state index is 0.261. The average Bonchev–Trinajstić information content (AvgIpc) is 2.43. The van der Waals surface area contributed by atoms with E-state index in [1.54, 1.807) is 0 Å². The molecule has 14 heavy (non-hydrogen) atoms. The molecule has 0 aliphatic carbocycles. The molecule has 0 radical (unpaired) electrons. The van der Waals surface area contributed by atoms with Crippen LogP contribution in [0.4, 0.5) is 5.69 Å². The van der Waals surface area contributed by atoms with Crippen molar-refractivity contribution in [3.05, 3.63) is 29.8 Å². The van der Waals surface area contributed by atoms with E-state index in [9.17, 15) is 5.11 Å². The van der Waals surface area contributed by atoms with Gasteiger partial charge >= 0.3 is 0 Å². The van der Waals surface area contributed by atoms with E-state index in [1.807, 2.05) is 6.92 Å². The third-order valence-corrected chi connectivity index (χ3v) is 2.81. The van der Waals surface area contributed by atoms with Crippen molar-refractivity contribution >= 4 is 5.69 Å². The molecule has 76 valence electrons. The molecule has 1 N–H and O–H groups in total. The Balaban J connectivity index is 2.25. The Morgan fingerprint density at radius 3 is 2.93 bits per heavy atom. The zero-order chi connectivity index (χ0) is 10.1. The molecule has 1 aromatic carbocycles. The molecule has 1 aromatic rings. The molecule has 1 aliphatic rings. The highest BCUT2D eigenvalue weighted by Crippen LogP contribution is 2.31. The largest absolute Gasteiger partial charge is 0.392 e. The Morgan fingerprint density at radius 1 is 1.50 bits per heavy atom. The fourth-order valence-electron chi connectivity index (χ4n) is 2.19. The quantitative estimate of drug-likeness (QED) is 0.770. The van der Waals surface area contributed by atoms with Crippen molar-refractivity contribution in [2.45, 2.75) is 32.4 Å². The van der Waals surface area contributed by atoms with Crippen LogP contribution < -0.4 is 4.90 Å². The van der Waals surface area contributed by atoms with E-state index in [2.05, 4.69) is 36.1 Å². The van der Waals surface area contributed by atoms with Crippen molar-refractivity contribution in [1.29, 1.82) is 0 Å². The van der Waals surface area contributed by atoms with Crippen LogP contribution in [0.25, 0.3) is 0 Å². The Kier molecular flexibility index (Phi) is 2.46. The third-order valence-electron chi connectivity index (χ3n) is 2.81. The Hall–Kier alpha value is -1.02. The second kappa shape index (κ2) is 3.62. The predicted octanol–water partition coefficient (Wildman–Crippen LogP) is 1.82. The molecule has 0 saturated carbocycles. The van der Waals surface area contributed by atoms with Crippen molar-refractivity contribution in [2.24, 2.45) is 0 Å². The number of β-amino-alcohol motifs (C(OH)–C–C–N with tert-alkyl or cyclic N) is 1. The van der Waals surface area contributed by atoms with Gasteiger partial charge < -0.3 is 10.0 Å². The summed E-state index contributed by atoms with van der Waals surface area (Å²) < 4.78 is 0. The lowest BCUT2D eigenvalue weighted by Crippen LogP contribution is -2.35. The van der Waals surface area contributed by atoms with E-state index in [-0.39, 0.29) is 6.10 Å². The van der Waals surface area contributed by atoms with E-state index in [0.717, 1.165) is 13.0 Å². The van der Waals surface area contributed by atoms with Gasteiger partial charge in [-0.1, -0.05) is 18.2 Å². The van der Waals surface area contributed by atoms with Crippen LogP contribution in [-0.2, 0) is 6.42 Å². The summed E-state index contributed by atoms with van der Waals surface area (Å²) in [6.07, 6.45) is 0.840. The monoisotopic (exact) mass is 191 g/mol. The van der Waals surface area contributed by atoms with Crippen molar-refractivity contribution in [1.82, 2.24) is 0 Å². The SMILES string of the molecule is CC1Cc2ccccc2N1C[C@H](C)O. The second-order valence-corrected chi connectivity index (χ2v) is 4.18. The third kappa shape index (κ3) is 1.62. The predicted molar refractivity (Wildman–Crippen MR) is 58.6 cm³/mol. The number of aliphatic hydroxyl groups is 1. The molecule has 2 heteroatoms. The number of benzene rings is 1. The number of fused-ring (bicyclic) bond motifs is 1. The van der Waals surface area contributed by atoms with Crippen molar-refractivity contribution in [3.63, 3.8) is 0 Å². The molecule has 0 saturated heterocycles. The molecular formula is C12H17NO. The zero-order valence-electron chi connectivity index (χ0n) is 8.77. The van der Waals surface area contributed by atoms with Crippen LogP contribution >= 0.6 is 0 Å². The Bertz CT molecular complexity index is 322. The lowest BCUT2D eigenvalue weighted by atomic mass is 10.1. The van der Waals surface area contributed by atoms with Gasteiger partial charge in [-0.3, -0.25) is 0 Å². The Labute approximate surface area is 85.2 Å². The second-order valence-electron chi connectivity index (χ2n) is 4.18. The summed E-state index contributed by atoms with van der Waals surface area (Å²) in [5, 5.41) is 9.41. The summed E-state index contributed by atoms with van der Waals surface area (Å²) in [6, 6.07) is 8.97. The van der Waals surface area contributed by atoms with E-state index in [0.29, 0.717) is 6.04 Å². The number of aliphatic hydroxyl groups excluding tert-OH is 1. The number of anilines is 1. The highest BCUT2D eigenvalue weighted by atomic mass is 16.3. The smallest absolute Gasteiger partial charge is 0.0687 e. The number of para-hydroxylation sites is 1. The van der Waals surface area contributed by atoms with Gasteiger partial charge in [0.1, 0.15) is 0 Å². The highest BCUT2D eigenvalue weighted by molar-refractivity contribution is 5.59. The van der Waals surface area contributed by atoms with Crippen LogP contribution in [0.1, 0.15) is 19.4 Å². The molecule has 0 spiro atoms. The summed E-state index contributed by atoms with van der Waals surface area (Å²) in [7, 11) is 0. The molecule has 0 amide bonds. The van der Waals surface area contributed by atoms with Gasteiger partial charge in [0.25, 0.3) is 0 Å². The Morgan fingerprint density at radius 2 is 2.21 bits per heavy atom. The maximum Gasteiger partial charge on any atom is 0.0687 e. The maximum absolute atomic E-state index is 9.41. The molecule has 0 bridgehead atoms. The van der Waals surface area contributed by atoms with Crippen molar-refractivity contribution in [2.75, 3.05) is 11.4 Å². The number of hydrogen-bond donors (Lipinski definition) is 1. The van der Waals surface area contributed by atoms with E-state index in [4.69, 9.17) is 0 Å². The van der Waals surface area contributed by atoms with Gasteiger partial charge in [0.05, 0.1) is 6.10 Å². The maximum atomic E-state index is 9.41. The van der Waals surface area contributed by atoms with E-state index < -0.39 is 0 Å². The number of hydrogen-bond acceptors (Lipinski definition) is 2. The molecule has 2 nitrogen and oxygen atoms in total. The normalized spacial score (nSPS) is 22.2. The van der Waals surface area contributed by atoms with Crippen molar-refractivity contribution in [3.8, 4) is 0 Å². The van der Waals surface area contributed by atoms with Crippen LogP contribution in [-0.4, -0.2) is 23.8 Å². The van der Waals surface area contributed by atoms with Crippen LogP contribution in [0, 0.1) is 0 Å². The van der Waals surface area contributed by atoms with E-state index in [1.165, 1.54) is 11.3 Å². The summed E-state index contributed by atoms with van der Waals surface area (Å²) >= 11 is 0. The standard InChI is InChI=1S/C12H17NO/c1-9-7-11-5-3-4-6-12(11)13(9)8-10(2)14/h3-6,9-10,14H,7-8H2,1-2H3/t9?,10-/m0/s1.